The molecule has 5 nitrogen and oxygen atoms in total. The van der Waals surface area contributed by atoms with Crippen LogP contribution in [-0.4, -0.2) is 35.1 Å². The highest BCUT2D eigenvalue weighted by Gasteiger charge is 2.34. The van der Waals surface area contributed by atoms with Gasteiger partial charge in [0, 0.05) is 12.0 Å². The lowest BCUT2D eigenvalue weighted by atomic mass is 9.89. The molecular weight excluding hydrogens is 268 g/mol. The molecule has 0 aromatic rings. The normalized spacial score (nSPS) is 19.5. The molecule has 5 heteroatoms. The molecular formula is C16H30N2O3. The molecule has 0 heterocycles. The van der Waals surface area contributed by atoms with Crippen molar-refractivity contribution in [3.05, 3.63) is 0 Å². The summed E-state index contributed by atoms with van der Waals surface area (Å²) in [6.45, 7) is 9.96. The molecule has 2 amide bonds. The summed E-state index contributed by atoms with van der Waals surface area (Å²) in [4.78, 5) is 24.0. The Morgan fingerprint density at radius 3 is 2.19 bits per heavy atom. The minimum Gasteiger partial charge on any atom is -0.391 e. The van der Waals surface area contributed by atoms with Crippen LogP contribution in [0.4, 0.5) is 0 Å². The highest BCUT2D eigenvalue weighted by molar-refractivity contribution is 5.89. The number of hydrogen-bond donors (Lipinski definition) is 3. The summed E-state index contributed by atoms with van der Waals surface area (Å²) in [5, 5.41) is 15.3. The number of aliphatic hydroxyl groups is 1. The Hall–Kier alpha value is -1.10. The average Bonchev–Trinajstić information content (AvgIpc) is 3.15. The van der Waals surface area contributed by atoms with Crippen molar-refractivity contribution in [2.24, 2.45) is 11.3 Å². The van der Waals surface area contributed by atoms with Crippen LogP contribution in [0, 0.1) is 11.3 Å². The van der Waals surface area contributed by atoms with Crippen LogP contribution >= 0.6 is 0 Å². The maximum absolute atomic E-state index is 12.2. The third kappa shape index (κ3) is 6.93. The summed E-state index contributed by atoms with van der Waals surface area (Å²) in [5.41, 5.74) is 0.225. The Balaban J connectivity index is 2.46. The zero-order valence-electron chi connectivity index (χ0n) is 13.9. The first kappa shape index (κ1) is 18.0. The topological polar surface area (TPSA) is 78.4 Å². The molecule has 0 saturated heterocycles. The minimum absolute atomic E-state index is 0.0239. The molecule has 0 bridgehead atoms. The lowest BCUT2D eigenvalue weighted by molar-refractivity contribution is -0.132. The number of hydrogen-bond acceptors (Lipinski definition) is 3. The van der Waals surface area contributed by atoms with E-state index in [2.05, 4.69) is 31.4 Å². The summed E-state index contributed by atoms with van der Waals surface area (Å²) in [7, 11) is 0. The maximum Gasteiger partial charge on any atom is 0.245 e. The minimum atomic E-state index is -0.900. The number of amides is 2. The number of rotatable bonds is 7. The second-order valence-corrected chi connectivity index (χ2v) is 7.51. The molecule has 3 unspecified atom stereocenters. The monoisotopic (exact) mass is 298 g/mol. The van der Waals surface area contributed by atoms with Gasteiger partial charge in [-0.1, -0.05) is 20.8 Å². The number of carbonyl (C=O) groups excluding carboxylic acids is 2. The van der Waals surface area contributed by atoms with Gasteiger partial charge in [0.05, 0.1) is 6.10 Å². The van der Waals surface area contributed by atoms with Crippen LogP contribution in [0.3, 0.4) is 0 Å². The fourth-order valence-corrected chi connectivity index (χ4v) is 2.08. The number of nitrogens with one attached hydrogen (secondary N) is 2. The van der Waals surface area contributed by atoms with E-state index in [1.165, 1.54) is 6.92 Å². The van der Waals surface area contributed by atoms with E-state index in [-0.39, 0.29) is 29.2 Å². The number of aliphatic hydroxyl groups excluding tert-OH is 1. The van der Waals surface area contributed by atoms with Gasteiger partial charge < -0.3 is 15.7 Å². The Morgan fingerprint density at radius 1 is 1.19 bits per heavy atom. The van der Waals surface area contributed by atoms with Gasteiger partial charge in [-0.3, -0.25) is 9.59 Å². The lowest BCUT2D eigenvalue weighted by Gasteiger charge is -2.25. The van der Waals surface area contributed by atoms with Crippen molar-refractivity contribution in [2.45, 2.75) is 78.5 Å². The van der Waals surface area contributed by atoms with Gasteiger partial charge >= 0.3 is 0 Å². The third-order valence-corrected chi connectivity index (χ3v) is 3.73. The zero-order chi connectivity index (χ0) is 16.2. The van der Waals surface area contributed by atoms with E-state index in [4.69, 9.17) is 0 Å². The largest absolute Gasteiger partial charge is 0.391 e. The molecule has 1 fully saturated rings. The smallest absolute Gasteiger partial charge is 0.245 e. The van der Waals surface area contributed by atoms with Gasteiger partial charge in [0.1, 0.15) is 6.04 Å². The summed E-state index contributed by atoms with van der Waals surface area (Å²) in [6, 6.07) is -0.842. The van der Waals surface area contributed by atoms with Crippen molar-refractivity contribution < 1.29 is 14.7 Å². The van der Waals surface area contributed by atoms with E-state index in [9.17, 15) is 14.7 Å². The molecule has 1 saturated carbocycles. The highest BCUT2D eigenvalue weighted by atomic mass is 16.3. The SMILES string of the molecule is CC(CCC(C)(C)C)NC(=O)C(NC(=O)C1CC1)C(C)O. The Kier molecular flexibility index (Phi) is 6.20. The predicted molar refractivity (Wildman–Crippen MR) is 82.6 cm³/mol. The Labute approximate surface area is 127 Å². The van der Waals surface area contributed by atoms with Gasteiger partial charge in [0.25, 0.3) is 0 Å². The first-order valence-electron chi connectivity index (χ1n) is 7.89. The first-order chi connectivity index (χ1) is 9.60. The molecule has 21 heavy (non-hydrogen) atoms. The molecule has 0 radical (unpaired) electrons. The van der Waals surface area contributed by atoms with Gasteiger partial charge in [-0.05, 0) is 44.9 Å². The molecule has 122 valence electrons. The summed E-state index contributed by atoms with van der Waals surface area (Å²) >= 11 is 0. The molecule has 3 N–H and O–H groups in total. The second-order valence-electron chi connectivity index (χ2n) is 7.51. The average molecular weight is 298 g/mol. The van der Waals surface area contributed by atoms with Crippen LogP contribution in [0.2, 0.25) is 0 Å². The van der Waals surface area contributed by atoms with E-state index in [0.717, 1.165) is 25.7 Å². The Morgan fingerprint density at radius 2 is 1.76 bits per heavy atom. The molecule has 0 spiro atoms. The summed E-state index contributed by atoms with van der Waals surface area (Å²) in [6.07, 6.45) is 2.73. The van der Waals surface area contributed by atoms with Gasteiger partial charge in [0.15, 0.2) is 0 Å². The van der Waals surface area contributed by atoms with Gasteiger partial charge in [-0.15, -0.1) is 0 Å². The fourth-order valence-electron chi connectivity index (χ4n) is 2.08. The maximum atomic E-state index is 12.2. The molecule has 1 aliphatic carbocycles. The highest BCUT2D eigenvalue weighted by Crippen LogP contribution is 2.29. The zero-order valence-corrected chi connectivity index (χ0v) is 13.9. The molecule has 1 aliphatic rings. The van der Waals surface area contributed by atoms with E-state index >= 15 is 0 Å². The molecule has 1 rings (SSSR count). The second kappa shape index (κ2) is 7.25. The van der Waals surface area contributed by atoms with Gasteiger partial charge in [-0.25, -0.2) is 0 Å². The van der Waals surface area contributed by atoms with Crippen molar-refractivity contribution in [1.29, 1.82) is 0 Å². The van der Waals surface area contributed by atoms with Crippen molar-refractivity contribution >= 4 is 11.8 Å². The van der Waals surface area contributed by atoms with Crippen LogP contribution in [0.5, 0.6) is 0 Å². The summed E-state index contributed by atoms with van der Waals surface area (Å²) < 4.78 is 0. The predicted octanol–water partition coefficient (Wildman–Crippen LogP) is 1.59. The van der Waals surface area contributed by atoms with Crippen LogP contribution in [0.15, 0.2) is 0 Å². The van der Waals surface area contributed by atoms with E-state index in [1.807, 2.05) is 6.92 Å². The third-order valence-electron chi connectivity index (χ3n) is 3.73. The Bertz CT molecular complexity index is 370. The van der Waals surface area contributed by atoms with Crippen molar-refractivity contribution in [3.8, 4) is 0 Å². The van der Waals surface area contributed by atoms with Crippen molar-refractivity contribution in [1.82, 2.24) is 10.6 Å². The van der Waals surface area contributed by atoms with Gasteiger partial charge in [-0.2, -0.15) is 0 Å². The quantitative estimate of drug-likeness (QED) is 0.668. The lowest BCUT2D eigenvalue weighted by Crippen LogP contribution is -2.54. The summed E-state index contributed by atoms with van der Waals surface area (Å²) in [5.74, 6) is -0.406. The first-order valence-corrected chi connectivity index (χ1v) is 7.89. The van der Waals surface area contributed by atoms with Crippen molar-refractivity contribution in [2.75, 3.05) is 0 Å². The molecule has 0 aromatic heterocycles. The van der Waals surface area contributed by atoms with Crippen LogP contribution < -0.4 is 10.6 Å². The standard InChI is InChI=1S/C16H30N2O3/c1-10(8-9-16(3,4)5)17-15(21)13(11(2)19)18-14(20)12-6-7-12/h10-13,19H,6-9H2,1-5H3,(H,17,21)(H,18,20). The van der Waals surface area contributed by atoms with Crippen LogP contribution in [0.1, 0.15) is 60.3 Å². The van der Waals surface area contributed by atoms with Crippen LogP contribution in [-0.2, 0) is 9.59 Å². The molecule has 3 atom stereocenters. The van der Waals surface area contributed by atoms with E-state index in [0.29, 0.717) is 0 Å². The molecule has 0 aromatic carbocycles. The van der Waals surface area contributed by atoms with E-state index < -0.39 is 12.1 Å². The van der Waals surface area contributed by atoms with Gasteiger partial charge in [0.2, 0.25) is 11.8 Å². The fraction of sp³-hybridized carbons (Fsp3) is 0.875. The van der Waals surface area contributed by atoms with E-state index in [1.54, 1.807) is 0 Å². The molecule has 0 aliphatic heterocycles. The number of carbonyl (C=O) groups is 2. The van der Waals surface area contributed by atoms with Crippen molar-refractivity contribution in [3.63, 3.8) is 0 Å². The van der Waals surface area contributed by atoms with Crippen LogP contribution in [0.25, 0.3) is 0 Å².